The van der Waals surface area contributed by atoms with Crippen LogP contribution >= 0.6 is 0 Å². The van der Waals surface area contributed by atoms with Crippen LogP contribution < -0.4 is 20.9 Å². The summed E-state index contributed by atoms with van der Waals surface area (Å²) in [4.78, 5) is 21.2. The molecule has 2 aromatic heterocycles. The van der Waals surface area contributed by atoms with Crippen LogP contribution in [-0.4, -0.2) is 26.7 Å². The van der Waals surface area contributed by atoms with Crippen LogP contribution in [-0.2, 0) is 19.6 Å². The van der Waals surface area contributed by atoms with Crippen molar-refractivity contribution >= 4 is 11.7 Å². The van der Waals surface area contributed by atoms with E-state index in [1.54, 1.807) is 7.11 Å². The van der Waals surface area contributed by atoms with E-state index in [1.807, 2.05) is 54.6 Å². The summed E-state index contributed by atoms with van der Waals surface area (Å²) in [5.74, 6) is 1.63. The highest BCUT2D eigenvalue weighted by Gasteiger charge is 2.08. The number of rotatable bonds is 8. The Balaban J connectivity index is 1.41. The first kappa shape index (κ1) is 18.7. The minimum atomic E-state index is -0.198. The standard InChI is InChI=1S/C21H22N6O2/c1-29-18-9-7-16(8-10-18)13-23-20-25-21-24-17(11-19(28)27(21)26-20)14-22-12-15-5-3-2-4-6-15/h2-11,22H,12-14H2,1H3,(H2,23,24,25,26). The van der Waals surface area contributed by atoms with Crippen molar-refractivity contribution in [2.75, 3.05) is 12.4 Å². The molecule has 0 bridgehead atoms. The molecular weight excluding hydrogens is 368 g/mol. The largest absolute Gasteiger partial charge is 0.497 e. The molecule has 0 radical (unpaired) electrons. The molecule has 0 spiro atoms. The van der Waals surface area contributed by atoms with Crippen LogP contribution in [0.4, 0.5) is 5.95 Å². The number of ether oxygens (including phenoxy) is 1. The first-order valence-corrected chi connectivity index (χ1v) is 9.31. The lowest BCUT2D eigenvalue weighted by molar-refractivity contribution is 0.414. The Kier molecular flexibility index (Phi) is 5.53. The van der Waals surface area contributed by atoms with E-state index in [-0.39, 0.29) is 5.56 Å². The monoisotopic (exact) mass is 390 g/mol. The molecule has 0 saturated heterocycles. The lowest BCUT2D eigenvalue weighted by Crippen LogP contribution is -2.20. The zero-order valence-electron chi connectivity index (χ0n) is 16.1. The highest BCUT2D eigenvalue weighted by atomic mass is 16.5. The molecule has 4 aromatic rings. The number of H-pyrrole nitrogens is 1. The molecule has 8 heteroatoms. The molecule has 148 valence electrons. The minimum Gasteiger partial charge on any atom is -0.497 e. The normalized spacial score (nSPS) is 10.9. The number of aromatic amines is 1. The van der Waals surface area contributed by atoms with Crippen molar-refractivity contribution < 1.29 is 4.74 Å². The number of aromatic nitrogens is 4. The van der Waals surface area contributed by atoms with Gasteiger partial charge in [0.05, 0.1) is 12.8 Å². The third-order valence-electron chi connectivity index (χ3n) is 4.48. The Morgan fingerprint density at radius 1 is 0.966 bits per heavy atom. The van der Waals surface area contributed by atoms with E-state index in [0.29, 0.717) is 37.1 Å². The van der Waals surface area contributed by atoms with Crippen LogP contribution in [0.2, 0.25) is 0 Å². The predicted molar refractivity (Wildman–Crippen MR) is 111 cm³/mol. The average Bonchev–Trinajstić information content (AvgIpc) is 3.17. The summed E-state index contributed by atoms with van der Waals surface area (Å²) in [7, 11) is 1.64. The summed E-state index contributed by atoms with van der Waals surface area (Å²) in [6.45, 7) is 1.75. The zero-order chi connectivity index (χ0) is 20.1. The molecule has 0 aliphatic carbocycles. The number of benzene rings is 2. The van der Waals surface area contributed by atoms with Crippen LogP contribution in [0.25, 0.3) is 5.78 Å². The fourth-order valence-corrected chi connectivity index (χ4v) is 2.96. The fraction of sp³-hybridized carbons (Fsp3) is 0.190. The van der Waals surface area contributed by atoms with E-state index in [2.05, 4.69) is 25.7 Å². The number of nitrogens with one attached hydrogen (secondary N) is 3. The molecule has 29 heavy (non-hydrogen) atoms. The van der Waals surface area contributed by atoms with Crippen LogP contribution in [0.1, 0.15) is 16.8 Å². The van der Waals surface area contributed by atoms with E-state index in [4.69, 9.17) is 4.74 Å². The van der Waals surface area contributed by atoms with Gasteiger partial charge in [-0.1, -0.05) is 42.5 Å². The van der Waals surface area contributed by atoms with Gasteiger partial charge in [0.1, 0.15) is 5.75 Å². The van der Waals surface area contributed by atoms with Crippen LogP contribution in [0.15, 0.2) is 65.5 Å². The molecule has 0 atom stereocenters. The molecule has 8 nitrogen and oxygen atoms in total. The third kappa shape index (κ3) is 4.61. The molecule has 0 aliphatic heterocycles. The summed E-state index contributed by atoms with van der Waals surface area (Å²) < 4.78 is 6.49. The van der Waals surface area contributed by atoms with E-state index in [1.165, 1.54) is 16.1 Å². The van der Waals surface area contributed by atoms with Gasteiger partial charge in [0.25, 0.3) is 11.3 Å². The van der Waals surface area contributed by atoms with E-state index < -0.39 is 0 Å². The quantitative estimate of drug-likeness (QED) is 0.427. The van der Waals surface area contributed by atoms with Crippen molar-refractivity contribution in [3.8, 4) is 5.75 Å². The molecule has 0 unspecified atom stereocenters. The second-order valence-corrected chi connectivity index (χ2v) is 6.58. The zero-order valence-corrected chi connectivity index (χ0v) is 16.1. The van der Waals surface area contributed by atoms with Gasteiger partial charge in [-0.05, 0) is 23.3 Å². The van der Waals surface area contributed by atoms with Crippen molar-refractivity contribution in [1.29, 1.82) is 0 Å². The number of nitrogens with zero attached hydrogens (tertiary/aromatic N) is 3. The summed E-state index contributed by atoms with van der Waals surface area (Å²) >= 11 is 0. The van der Waals surface area contributed by atoms with Crippen LogP contribution in [0.3, 0.4) is 0 Å². The molecule has 4 rings (SSSR count). The van der Waals surface area contributed by atoms with Crippen molar-refractivity contribution in [1.82, 2.24) is 24.9 Å². The number of anilines is 1. The Hall–Kier alpha value is -3.65. The number of hydrogen-bond acceptors (Lipinski definition) is 6. The topological polar surface area (TPSA) is 96.3 Å². The van der Waals surface area contributed by atoms with Crippen molar-refractivity contribution in [3.63, 3.8) is 0 Å². The molecule has 3 N–H and O–H groups in total. The van der Waals surface area contributed by atoms with Crippen molar-refractivity contribution in [2.45, 2.75) is 19.6 Å². The van der Waals surface area contributed by atoms with E-state index in [0.717, 1.165) is 11.3 Å². The first-order valence-electron chi connectivity index (χ1n) is 9.31. The smallest absolute Gasteiger partial charge is 0.274 e. The average molecular weight is 390 g/mol. The van der Waals surface area contributed by atoms with Gasteiger partial charge in [-0.3, -0.25) is 9.89 Å². The van der Waals surface area contributed by atoms with Gasteiger partial charge in [-0.25, -0.2) is 4.98 Å². The summed E-state index contributed by atoms with van der Waals surface area (Å²) in [5, 5.41) is 9.41. The molecule has 0 amide bonds. The Labute approximate surface area is 167 Å². The van der Waals surface area contributed by atoms with Gasteiger partial charge in [0.15, 0.2) is 0 Å². The van der Waals surface area contributed by atoms with Crippen LogP contribution in [0.5, 0.6) is 5.75 Å². The van der Waals surface area contributed by atoms with Crippen molar-refractivity contribution in [2.24, 2.45) is 0 Å². The lowest BCUT2D eigenvalue weighted by atomic mass is 10.2. The fourth-order valence-electron chi connectivity index (χ4n) is 2.96. The Morgan fingerprint density at radius 3 is 2.48 bits per heavy atom. The maximum Gasteiger partial charge on any atom is 0.274 e. The van der Waals surface area contributed by atoms with Crippen molar-refractivity contribution in [3.05, 3.63) is 87.8 Å². The van der Waals surface area contributed by atoms with E-state index in [9.17, 15) is 4.79 Å². The highest BCUT2D eigenvalue weighted by molar-refractivity contribution is 5.38. The maximum absolute atomic E-state index is 12.4. The van der Waals surface area contributed by atoms with Gasteiger partial charge in [0.2, 0.25) is 5.95 Å². The second-order valence-electron chi connectivity index (χ2n) is 6.58. The number of methoxy groups -OCH3 is 1. The van der Waals surface area contributed by atoms with Gasteiger partial charge in [-0.15, -0.1) is 0 Å². The van der Waals surface area contributed by atoms with Crippen LogP contribution in [0, 0.1) is 0 Å². The van der Waals surface area contributed by atoms with Gasteiger partial charge < -0.3 is 15.4 Å². The molecular formula is C21H22N6O2. The molecule has 0 aliphatic rings. The summed E-state index contributed by atoms with van der Waals surface area (Å²) in [6.07, 6.45) is 0. The van der Waals surface area contributed by atoms with Gasteiger partial charge >= 0.3 is 0 Å². The number of hydrogen-bond donors (Lipinski definition) is 3. The van der Waals surface area contributed by atoms with Gasteiger partial charge in [0, 0.05) is 25.7 Å². The maximum atomic E-state index is 12.4. The molecule has 0 saturated carbocycles. The second kappa shape index (κ2) is 8.57. The summed E-state index contributed by atoms with van der Waals surface area (Å²) in [5.41, 5.74) is 2.70. The van der Waals surface area contributed by atoms with E-state index >= 15 is 0 Å². The highest BCUT2D eigenvalue weighted by Crippen LogP contribution is 2.12. The molecule has 0 fully saturated rings. The first-order chi connectivity index (χ1) is 14.2. The minimum absolute atomic E-state index is 0.198. The SMILES string of the molecule is COc1ccc(CNc2nc3nc(CNCc4ccccc4)cc(=O)n3[nH]2)cc1. The predicted octanol–water partition coefficient (Wildman–Crippen LogP) is 2.33. The Morgan fingerprint density at radius 2 is 1.72 bits per heavy atom. The number of fused-ring (bicyclic) bond motifs is 1. The molecule has 2 heterocycles. The van der Waals surface area contributed by atoms with Gasteiger partial charge in [-0.2, -0.15) is 9.50 Å². The molecule has 2 aromatic carbocycles. The third-order valence-corrected chi connectivity index (χ3v) is 4.48. The lowest BCUT2D eigenvalue weighted by Gasteiger charge is -2.04. The summed E-state index contributed by atoms with van der Waals surface area (Å²) in [6, 6.07) is 19.3. The Bertz CT molecular complexity index is 1140.